The van der Waals surface area contributed by atoms with Crippen LogP contribution < -0.4 is 15.5 Å². The van der Waals surface area contributed by atoms with Gasteiger partial charge in [0, 0.05) is 24.7 Å². The second-order valence-corrected chi connectivity index (χ2v) is 9.15. The number of nitrogens with zero attached hydrogens (tertiary/aromatic N) is 1. The number of amides is 3. The SMILES string of the molecule is CNC(=O)C1(C)C=C(C(=O)NC2C[C@@H]2c2ccccc2)C(=O)N(c2cccc(C(F)(F)F)c2)C1C. The first kappa shape index (κ1) is 24.5. The first-order valence-corrected chi connectivity index (χ1v) is 11.3. The first-order chi connectivity index (χ1) is 16.5. The Labute approximate surface area is 201 Å². The minimum absolute atomic E-state index is 0.0422. The van der Waals surface area contributed by atoms with Gasteiger partial charge in [0.25, 0.3) is 11.8 Å². The highest BCUT2D eigenvalue weighted by Crippen LogP contribution is 2.42. The second kappa shape index (κ2) is 8.87. The van der Waals surface area contributed by atoms with E-state index in [9.17, 15) is 27.6 Å². The Morgan fingerprint density at radius 2 is 1.77 bits per heavy atom. The number of alkyl halides is 3. The Kier molecular flexibility index (Phi) is 6.21. The Morgan fingerprint density at radius 3 is 2.40 bits per heavy atom. The van der Waals surface area contributed by atoms with Crippen molar-refractivity contribution in [2.24, 2.45) is 5.41 Å². The summed E-state index contributed by atoms with van der Waals surface area (Å²) < 4.78 is 40.1. The van der Waals surface area contributed by atoms with Crippen LogP contribution >= 0.6 is 0 Å². The van der Waals surface area contributed by atoms with Gasteiger partial charge in [-0.3, -0.25) is 14.4 Å². The molecule has 1 heterocycles. The van der Waals surface area contributed by atoms with Crippen molar-refractivity contribution in [3.8, 4) is 0 Å². The lowest BCUT2D eigenvalue weighted by molar-refractivity contribution is -0.138. The summed E-state index contributed by atoms with van der Waals surface area (Å²) >= 11 is 0. The molecule has 0 spiro atoms. The summed E-state index contributed by atoms with van der Waals surface area (Å²) in [4.78, 5) is 40.6. The molecule has 0 bridgehead atoms. The molecule has 3 unspecified atom stereocenters. The molecule has 2 aromatic rings. The second-order valence-electron chi connectivity index (χ2n) is 9.15. The molecule has 0 saturated heterocycles. The average molecular weight is 486 g/mol. The summed E-state index contributed by atoms with van der Waals surface area (Å²) in [5.41, 5.74) is -1.53. The minimum Gasteiger partial charge on any atom is -0.358 e. The molecule has 1 aliphatic heterocycles. The number of anilines is 1. The summed E-state index contributed by atoms with van der Waals surface area (Å²) in [6.45, 7) is 3.13. The molecule has 1 aliphatic carbocycles. The predicted molar refractivity (Wildman–Crippen MR) is 124 cm³/mol. The van der Waals surface area contributed by atoms with E-state index in [1.54, 1.807) is 13.8 Å². The third-order valence-electron chi connectivity index (χ3n) is 6.90. The maximum absolute atomic E-state index is 13.5. The zero-order valence-corrected chi connectivity index (χ0v) is 19.5. The Hall–Kier alpha value is -3.62. The van der Waals surface area contributed by atoms with Gasteiger partial charge in [0.2, 0.25) is 5.91 Å². The summed E-state index contributed by atoms with van der Waals surface area (Å²) in [6.07, 6.45) is -2.58. The molecule has 0 radical (unpaired) electrons. The molecule has 6 nitrogen and oxygen atoms in total. The van der Waals surface area contributed by atoms with E-state index >= 15 is 0 Å². The molecular formula is C26H26F3N3O3. The standard InChI is InChI=1S/C26H26F3N3O3/c1-15-25(2,24(35)30-3)14-20(22(33)31-21-13-19(21)16-8-5-4-6-9-16)23(34)32(15)18-11-7-10-17(12-18)26(27,28)29/h4-12,14-15,19,21H,13H2,1-3H3,(H,30,35)(H,31,33)/t15?,19-,21?,25?/m1/s1. The third kappa shape index (κ3) is 4.54. The molecule has 184 valence electrons. The third-order valence-corrected chi connectivity index (χ3v) is 6.90. The minimum atomic E-state index is -4.61. The van der Waals surface area contributed by atoms with Crippen LogP contribution in [0.25, 0.3) is 0 Å². The van der Waals surface area contributed by atoms with Crippen LogP contribution in [0.3, 0.4) is 0 Å². The van der Waals surface area contributed by atoms with Gasteiger partial charge in [-0.1, -0.05) is 36.4 Å². The van der Waals surface area contributed by atoms with Crippen molar-refractivity contribution in [2.45, 2.75) is 44.4 Å². The van der Waals surface area contributed by atoms with Gasteiger partial charge in [0.05, 0.1) is 17.0 Å². The van der Waals surface area contributed by atoms with E-state index in [2.05, 4.69) is 10.6 Å². The van der Waals surface area contributed by atoms with Crippen molar-refractivity contribution in [1.29, 1.82) is 0 Å². The maximum Gasteiger partial charge on any atom is 0.416 e. The highest BCUT2D eigenvalue weighted by molar-refractivity contribution is 6.25. The molecule has 2 aliphatic rings. The Morgan fingerprint density at radius 1 is 1.09 bits per heavy atom. The quantitative estimate of drug-likeness (QED) is 0.633. The highest BCUT2D eigenvalue weighted by atomic mass is 19.4. The number of hydrogen-bond donors (Lipinski definition) is 2. The zero-order valence-electron chi connectivity index (χ0n) is 19.5. The molecule has 2 aromatic carbocycles. The van der Waals surface area contributed by atoms with Crippen LogP contribution in [0, 0.1) is 5.41 Å². The van der Waals surface area contributed by atoms with Crippen molar-refractivity contribution in [2.75, 3.05) is 11.9 Å². The molecule has 9 heteroatoms. The number of carbonyl (C=O) groups is 3. The molecule has 3 amide bonds. The van der Waals surface area contributed by atoms with Crippen LogP contribution in [0.2, 0.25) is 0 Å². The number of nitrogens with one attached hydrogen (secondary N) is 2. The molecule has 2 N–H and O–H groups in total. The van der Waals surface area contributed by atoms with Crippen LogP contribution in [0.4, 0.5) is 18.9 Å². The van der Waals surface area contributed by atoms with E-state index in [1.165, 1.54) is 25.3 Å². The van der Waals surface area contributed by atoms with E-state index in [0.717, 1.165) is 22.6 Å². The van der Waals surface area contributed by atoms with Gasteiger partial charge in [-0.15, -0.1) is 0 Å². The van der Waals surface area contributed by atoms with E-state index in [-0.39, 0.29) is 23.2 Å². The first-order valence-electron chi connectivity index (χ1n) is 11.3. The summed E-state index contributed by atoms with van der Waals surface area (Å²) in [5, 5.41) is 5.39. The van der Waals surface area contributed by atoms with Gasteiger partial charge in [0.1, 0.15) is 5.57 Å². The summed E-state index contributed by atoms with van der Waals surface area (Å²) in [7, 11) is 1.42. The van der Waals surface area contributed by atoms with Gasteiger partial charge in [-0.2, -0.15) is 13.2 Å². The lowest BCUT2D eigenvalue weighted by Crippen LogP contribution is -2.58. The van der Waals surface area contributed by atoms with Crippen LogP contribution in [0.15, 0.2) is 66.2 Å². The number of hydrogen-bond acceptors (Lipinski definition) is 3. The van der Waals surface area contributed by atoms with Crippen molar-refractivity contribution in [3.05, 3.63) is 77.4 Å². The number of carbonyl (C=O) groups excluding carboxylic acids is 3. The Bertz CT molecular complexity index is 1200. The lowest BCUT2D eigenvalue weighted by atomic mass is 9.76. The topological polar surface area (TPSA) is 78.5 Å². The van der Waals surface area contributed by atoms with Gasteiger partial charge in [0.15, 0.2) is 0 Å². The van der Waals surface area contributed by atoms with E-state index in [4.69, 9.17) is 0 Å². The van der Waals surface area contributed by atoms with Gasteiger partial charge >= 0.3 is 6.18 Å². The fourth-order valence-electron chi connectivity index (χ4n) is 4.59. The molecular weight excluding hydrogens is 459 g/mol. The van der Waals surface area contributed by atoms with E-state index in [0.29, 0.717) is 6.42 Å². The fourth-order valence-corrected chi connectivity index (χ4v) is 4.59. The largest absolute Gasteiger partial charge is 0.416 e. The normalized spacial score (nSPS) is 26.1. The number of halogens is 3. The molecule has 1 fully saturated rings. The monoisotopic (exact) mass is 485 g/mol. The number of rotatable bonds is 5. The zero-order chi connectivity index (χ0) is 25.5. The summed E-state index contributed by atoms with van der Waals surface area (Å²) in [5.74, 6) is -1.76. The van der Waals surface area contributed by atoms with E-state index < -0.39 is 40.9 Å². The molecule has 4 rings (SSSR count). The summed E-state index contributed by atoms with van der Waals surface area (Å²) in [6, 6.07) is 12.9. The van der Waals surface area contributed by atoms with Crippen molar-refractivity contribution in [1.82, 2.24) is 10.6 Å². The van der Waals surface area contributed by atoms with E-state index in [1.807, 2.05) is 30.3 Å². The average Bonchev–Trinajstić information content (AvgIpc) is 3.60. The lowest BCUT2D eigenvalue weighted by Gasteiger charge is -2.43. The van der Waals surface area contributed by atoms with Crippen molar-refractivity contribution >= 4 is 23.4 Å². The maximum atomic E-state index is 13.5. The molecule has 1 saturated carbocycles. The van der Waals surface area contributed by atoms with Crippen LogP contribution in [-0.2, 0) is 20.6 Å². The van der Waals surface area contributed by atoms with Gasteiger partial charge in [-0.25, -0.2) is 0 Å². The fraction of sp³-hybridized carbons (Fsp3) is 0.346. The van der Waals surface area contributed by atoms with Crippen molar-refractivity contribution < 1.29 is 27.6 Å². The van der Waals surface area contributed by atoms with Gasteiger partial charge in [-0.05, 0) is 50.1 Å². The van der Waals surface area contributed by atoms with Crippen LogP contribution in [0.1, 0.15) is 37.3 Å². The molecule has 0 aromatic heterocycles. The highest BCUT2D eigenvalue weighted by Gasteiger charge is 2.49. The van der Waals surface area contributed by atoms with Crippen molar-refractivity contribution in [3.63, 3.8) is 0 Å². The van der Waals surface area contributed by atoms with Gasteiger partial charge < -0.3 is 15.5 Å². The molecule has 4 atom stereocenters. The predicted octanol–water partition coefficient (Wildman–Crippen LogP) is 3.79. The smallest absolute Gasteiger partial charge is 0.358 e. The number of benzene rings is 2. The molecule has 35 heavy (non-hydrogen) atoms. The van der Waals surface area contributed by atoms with Crippen LogP contribution in [-0.4, -0.2) is 36.9 Å². The van der Waals surface area contributed by atoms with Crippen LogP contribution in [0.5, 0.6) is 0 Å². The Balaban J connectivity index is 1.67.